The van der Waals surface area contributed by atoms with E-state index in [1.807, 2.05) is 4.90 Å². The number of rotatable bonds is 4. The number of benzene rings is 2. The van der Waals surface area contributed by atoms with Crippen LogP contribution in [0, 0.1) is 0 Å². The summed E-state index contributed by atoms with van der Waals surface area (Å²) in [7, 11) is 0. The Labute approximate surface area is 160 Å². The smallest absolute Gasteiger partial charge is 0.409 e. The van der Waals surface area contributed by atoms with Crippen LogP contribution in [0.2, 0.25) is 0 Å². The largest absolute Gasteiger partial charge is 0.448 e. The van der Waals surface area contributed by atoms with E-state index in [1.54, 1.807) is 0 Å². The van der Waals surface area contributed by atoms with Gasteiger partial charge in [0.25, 0.3) is 0 Å². The Morgan fingerprint density at radius 1 is 0.963 bits per heavy atom. The van der Waals surface area contributed by atoms with Gasteiger partial charge in [0.15, 0.2) is 0 Å². The molecule has 2 aromatic carbocycles. The maximum atomic E-state index is 12.7. The molecule has 1 N–H and O–H groups in total. The third-order valence-corrected chi connectivity index (χ3v) is 6.06. The van der Waals surface area contributed by atoms with Crippen molar-refractivity contribution < 1.29 is 9.53 Å². The third kappa shape index (κ3) is 3.34. The molecule has 3 aliphatic rings. The second-order valence-corrected chi connectivity index (χ2v) is 8.03. The quantitative estimate of drug-likeness (QED) is 0.888. The predicted octanol–water partition coefficient (Wildman–Crippen LogP) is 4.15. The lowest BCUT2D eigenvalue weighted by molar-refractivity contribution is 0.0864. The van der Waals surface area contributed by atoms with Gasteiger partial charge in [-0.25, -0.2) is 4.79 Å². The Balaban J connectivity index is 1.26. The van der Waals surface area contributed by atoms with E-state index in [2.05, 4.69) is 53.8 Å². The lowest BCUT2D eigenvalue weighted by atomic mass is 9.98. The van der Waals surface area contributed by atoms with Gasteiger partial charge in [0.05, 0.1) is 0 Å². The molecule has 1 saturated heterocycles. The van der Waals surface area contributed by atoms with Crippen LogP contribution in [0.5, 0.6) is 0 Å². The van der Waals surface area contributed by atoms with Gasteiger partial charge in [0.2, 0.25) is 0 Å². The molecular weight excluding hydrogens is 336 g/mol. The highest BCUT2D eigenvalue weighted by Gasteiger charge is 2.32. The average molecular weight is 362 g/mol. The highest BCUT2D eigenvalue weighted by atomic mass is 16.6. The van der Waals surface area contributed by atoms with Gasteiger partial charge in [0.1, 0.15) is 6.61 Å². The summed E-state index contributed by atoms with van der Waals surface area (Å²) in [5.41, 5.74) is 5.05. The predicted molar refractivity (Wildman–Crippen MR) is 106 cm³/mol. The normalized spacial score (nSPS) is 21.6. The molecule has 2 aromatic rings. The van der Waals surface area contributed by atoms with E-state index in [4.69, 9.17) is 4.74 Å². The lowest BCUT2D eigenvalue weighted by Crippen LogP contribution is -2.48. The number of fused-ring (bicyclic) bond motifs is 3. The Kier molecular flexibility index (Phi) is 4.36. The molecule has 0 spiro atoms. The fourth-order valence-corrected chi connectivity index (χ4v) is 4.55. The van der Waals surface area contributed by atoms with Crippen molar-refractivity contribution in [2.45, 2.75) is 43.7 Å². The van der Waals surface area contributed by atoms with Crippen LogP contribution in [0.1, 0.15) is 42.7 Å². The number of carbonyl (C=O) groups excluding carboxylic acids is 1. The van der Waals surface area contributed by atoms with Crippen LogP contribution in [0.3, 0.4) is 0 Å². The number of likely N-dealkylation sites (tertiary alicyclic amines) is 1. The van der Waals surface area contributed by atoms with Crippen molar-refractivity contribution >= 4 is 6.09 Å². The van der Waals surface area contributed by atoms with Crippen molar-refractivity contribution in [3.63, 3.8) is 0 Å². The average Bonchev–Trinajstić information content (AvgIpc) is 3.47. The zero-order chi connectivity index (χ0) is 18.2. The Morgan fingerprint density at radius 2 is 1.63 bits per heavy atom. The van der Waals surface area contributed by atoms with Crippen molar-refractivity contribution in [3.05, 3.63) is 59.7 Å². The van der Waals surface area contributed by atoms with Gasteiger partial charge in [0, 0.05) is 31.1 Å². The molecule has 0 unspecified atom stereocenters. The van der Waals surface area contributed by atoms with E-state index < -0.39 is 0 Å². The van der Waals surface area contributed by atoms with Gasteiger partial charge in [-0.05, 0) is 47.9 Å². The zero-order valence-electron chi connectivity index (χ0n) is 15.6. The number of nitrogens with zero attached hydrogens (tertiary/aromatic N) is 1. The molecule has 0 radical (unpaired) electrons. The molecule has 1 saturated carbocycles. The first-order chi connectivity index (χ1) is 13.3. The summed E-state index contributed by atoms with van der Waals surface area (Å²) in [5.74, 6) is 0.131. The minimum absolute atomic E-state index is 0.131. The second-order valence-electron chi connectivity index (χ2n) is 8.03. The SMILES string of the molecule is O=C(OCC1c2ccccc2-c2ccccc21)N1CCC[C@@H](NC2CC2)C1. The molecule has 27 heavy (non-hydrogen) atoms. The number of ether oxygens (including phenoxy) is 1. The van der Waals surface area contributed by atoms with E-state index in [0.29, 0.717) is 18.7 Å². The molecule has 0 bridgehead atoms. The van der Waals surface area contributed by atoms with E-state index in [1.165, 1.54) is 35.1 Å². The minimum atomic E-state index is -0.167. The summed E-state index contributed by atoms with van der Waals surface area (Å²) in [6.07, 6.45) is 4.60. The first-order valence-corrected chi connectivity index (χ1v) is 10.2. The fraction of sp³-hybridized carbons (Fsp3) is 0.435. The summed E-state index contributed by atoms with van der Waals surface area (Å²) < 4.78 is 5.81. The van der Waals surface area contributed by atoms with Gasteiger partial charge >= 0.3 is 6.09 Å². The molecule has 1 atom stereocenters. The maximum Gasteiger partial charge on any atom is 0.409 e. The van der Waals surface area contributed by atoms with Crippen molar-refractivity contribution in [1.82, 2.24) is 10.2 Å². The lowest BCUT2D eigenvalue weighted by Gasteiger charge is -2.33. The fourth-order valence-electron chi connectivity index (χ4n) is 4.55. The summed E-state index contributed by atoms with van der Waals surface area (Å²) in [4.78, 5) is 14.6. The highest BCUT2D eigenvalue weighted by molar-refractivity contribution is 5.79. The van der Waals surface area contributed by atoms with E-state index in [0.717, 1.165) is 25.9 Å². The summed E-state index contributed by atoms with van der Waals surface area (Å²) in [5, 5.41) is 3.65. The number of nitrogens with one attached hydrogen (secondary N) is 1. The second kappa shape index (κ2) is 7.01. The van der Waals surface area contributed by atoms with E-state index in [9.17, 15) is 4.79 Å². The first-order valence-electron chi connectivity index (χ1n) is 10.2. The van der Waals surface area contributed by atoms with E-state index >= 15 is 0 Å². The van der Waals surface area contributed by atoms with Crippen molar-refractivity contribution in [3.8, 4) is 11.1 Å². The molecule has 1 amide bonds. The van der Waals surface area contributed by atoms with Crippen molar-refractivity contribution in [2.24, 2.45) is 0 Å². The maximum absolute atomic E-state index is 12.7. The van der Waals surface area contributed by atoms with Crippen LogP contribution in [0.4, 0.5) is 4.79 Å². The molecular formula is C23H26N2O2. The third-order valence-electron chi connectivity index (χ3n) is 6.06. The molecule has 0 aromatic heterocycles. The highest BCUT2D eigenvalue weighted by Crippen LogP contribution is 2.44. The molecule has 4 nitrogen and oxygen atoms in total. The number of hydrogen-bond donors (Lipinski definition) is 1. The van der Waals surface area contributed by atoms with Crippen LogP contribution >= 0.6 is 0 Å². The Morgan fingerprint density at radius 3 is 2.30 bits per heavy atom. The van der Waals surface area contributed by atoms with Crippen LogP contribution in [0.25, 0.3) is 11.1 Å². The van der Waals surface area contributed by atoms with Crippen LogP contribution in [-0.2, 0) is 4.74 Å². The van der Waals surface area contributed by atoms with E-state index in [-0.39, 0.29) is 12.0 Å². The Hall–Kier alpha value is -2.33. The topological polar surface area (TPSA) is 41.6 Å². The summed E-state index contributed by atoms with van der Waals surface area (Å²) in [6.45, 7) is 1.98. The van der Waals surface area contributed by atoms with Gasteiger partial charge in [-0.2, -0.15) is 0 Å². The number of piperidine rings is 1. The van der Waals surface area contributed by atoms with Crippen molar-refractivity contribution in [1.29, 1.82) is 0 Å². The molecule has 5 rings (SSSR count). The molecule has 1 aliphatic heterocycles. The first kappa shape index (κ1) is 16.8. The standard InChI is InChI=1S/C23H26N2O2/c26-23(25-13-5-6-17(14-25)24-16-11-12-16)27-15-22-20-9-3-1-7-18(20)19-8-2-4-10-21(19)22/h1-4,7-10,16-17,22,24H,5-6,11-15H2/t17-/m1/s1. The Bertz CT molecular complexity index is 800. The van der Waals surface area contributed by atoms with Crippen LogP contribution < -0.4 is 5.32 Å². The molecule has 2 aliphatic carbocycles. The summed E-state index contributed by atoms with van der Waals surface area (Å²) in [6, 6.07) is 18.0. The van der Waals surface area contributed by atoms with Gasteiger partial charge in [-0.1, -0.05) is 48.5 Å². The number of amides is 1. The number of hydrogen-bond acceptors (Lipinski definition) is 3. The molecule has 1 heterocycles. The zero-order valence-corrected chi connectivity index (χ0v) is 15.6. The summed E-state index contributed by atoms with van der Waals surface area (Å²) >= 11 is 0. The minimum Gasteiger partial charge on any atom is -0.448 e. The molecule has 2 fully saturated rings. The van der Waals surface area contributed by atoms with Crippen LogP contribution in [-0.4, -0.2) is 42.8 Å². The van der Waals surface area contributed by atoms with Gasteiger partial charge in [-0.15, -0.1) is 0 Å². The van der Waals surface area contributed by atoms with Crippen molar-refractivity contribution in [2.75, 3.05) is 19.7 Å². The van der Waals surface area contributed by atoms with Crippen LogP contribution in [0.15, 0.2) is 48.5 Å². The number of carbonyl (C=O) groups is 1. The monoisotopic (exact) mass is 362 g/mol. The molecule has 140 valence electrons. The van der Waals surface area contributed by atoms with Gasteiger partial charge < -0.3 is 15.0 Å². The molecule has 4 heteroatoms. The van der Waals surface area contributed by atoms with Gasteiger partial charge in [-0.3, -0.25) is 0 Å².